The van der Waals surface area contributed by atoms with Gasteiger partial charge in [-0.05, 0) is 19.4 Å². The lowest BCUT2D eigenvalue weighted by atomic mass is 9.88. The van der Waals surface area contributed by atoms with Crippen molar-refractivity contribution in [2.45, 2.75) is 44.7 Å². The van der Waals surface area contributed by atoms with Crippen LogP contribution in [-0.4, -0.2) is 36.6 Å². The van der Waals surface area contributed by atoms with Gasteiger partial charge >= 0.3 is 0 Å². The second-order valence-corrected chi connectivity index (χ2v) is 4.04. The lowest BCUT2D eigenvalue weighted by molar-refractivity contribution is 0.0935. The van der Waals surface area contributed by atoms with E-state index in [4.69, 9.17) is 0 Å². The van der Waals surface area contributed by atoms with E-state index in [2.05, 4.69) is 17.1 Å². The number of nitrogens with zero attached hydrogens (tertiary/aromatic N) is 1. The Bertz CT molecular complexity index is 138. The van der Waals surface area contributed by atoms with Crippen molar-refractivity contribution in [3.8, 4) is 0 Å². The molecule has 2 aliphatic rings. The SMILES string of the molecule is CCN1CCNC2CCCCC21. The monoisotopic (exact) mass is 168 g/mol. The Kier molecular flexibility index (Phi) is 2.66. The molecule has 1 heterocycles. The first kappa shape index (κ1) is 8.52. The van der Waals surface area contributed by atoms with Gasteiger partial charge in [-0.3, -0.25) is 4.90 Å². The summed E-state index contributed by atoms with van der Waals surface area (Å²) < 4.78 is 0. The normalized spacial score (nSPS) is 37.8. The van der Waals surface area contributed by atoms with Crippen LogP contribution in [0.1, 0.15) is 32.6 Å². The first-order chi connectivity index (χ1) is 5.92. The van der Waals surface area contributed by atoms with Crippen molar-refractivity contribution in [3.63, 3.8) is 0 Å². The summed E-state index contributed by atoms with van der Waals surface area (Å²) in [7, 11) is 0. The summed E-state index contributed by atoms with van der Waals surface area (Å²) in [5.41, 5.74) is 0. The van der Waals surface area contributed by atoms with Gasteiger partial charge in [0.2, 0.25) is 0 Å². The third kappa shape index (κ3) is 1.50. The van der Waals surface area contributed by atoms with Crippen LogP contribution in [0.25, 0.3) is 0 Å². The van der Waals surface area contributed by atoms with Crippen LogP contribution in [0.2, 0.25) is 0 Å². The molecule has 0 bridgehead atoms. The van der Waals surface area contributed by atoms with Crippen LogP contribution in [0.5, 0.6) is 0 Å². The van der Waals surface area contributed by atoms with Crippen LogP contribution in [0.4, 0.5) is 0 Å². The van der Waals surface area contributed by atoms with Gasteiger partial charge in [-0.25, -0.2) is 0 Å². The molecule has 1 saturated heterocycles. The molecule has 2 rings (SSSR count). The molecule has 70 valence electrons. The molecule has 1 aliphatic carbocycles. The molecule has 0 spiro atoms. The standard InChI is InChI=1S/C10H20N2/c1-2-12-8-7-11-9-5-3-4-6-10(9)12/h9-11H,2-8H2,1H3. The van der Waals surface area contributed by atoms with E-state index < -0.39 is 0 Å². The van der Waals surface area contributed by atoms with Crippen LogP contribution in [0.3, 0.4) is 0 Å². The van der Waals surface area contributed by atoms with Crippen LogP contribution in [-0.2, 0) is 0 Å². The molecule has 0 aromatic heterocycles. The molecule has 1 aliphatic heterocycles. The van der Waals surface area contributed by atoms with Crippen molar-refractivity contribution in [3.05, 3.63) is 0 Å². The minimum absolute atomic E-state index is 0.812. The quantitative estimate of drug-likeness (QED) is 0.633. The third-order valence-electron chi connectivity index (χ3n) is 3.41. The highest BCUT2D eigenvalue weighted by Gasteiger charge is 2.31. The number of hydrogen-bond donors (Lipinski definition) is 1. The van der Waals surface area contributed by atoms with E-state index in [1.54, 1.807) is 0 Å². The van der Waals surface area contributed by atoms with E-state index >= 15 is 0 Å². The summed E-state index contributed by atoms with van der Waals surface area (Å²) in [5.74, 6) is 0. The van der Waals surface area contributed by atoms with E-state index in [1.165, 1.54) is 45.3 Å². The lowest BCUT2D eigenvalue weighted by Crippen LogP contribution is -2.58. The molecular weight excluding hydrogens is 148 g/mol. The fraction of sp³-hybridized carbons (Fsp3) is 1.00. The molecule has 2 atom stereocenters. The van der Waals surface area contributed by atoms with Gasteiger partial charge in [-0.15, -0.1) is 0 Å². The maximum atomic E-state index is 3.64. The van der Waals surface area contributed by atoms with Crippen molar-refractivity contribution in [2.24, 2.45) is 0 Å². The van der Waals surface area contributed by atoms with Crippen LogP contribution in [0, 0.1) is 0 Å². The fourth-order valence-corrected chi connectivity index (χ4v) is 2.74. The van der Waals surface area contributed by atoms with Gasteiger partial charge in [-0.2, -0.15) is 0 Å². The predicted molar refractivity (Wildman–Crippen MR) is 51.3 cm³/mol. The molecule has 0 aromatic rings. The number of nitrogens with one attached hydrogen (secondary N) is 1. The van der Waals surface area contributed by atoms with Crippen molar-refractivity contribution >= 4 is 0 Å². The molecular formula is C10H20N2. The molecule has 1 N–H and O–H groups in total. The highest BCUT2D eigenvalue weighted by molar-refractivity contribution is 4.91. The van der Waals surface area contributed by atoms with Crippen LogP contribution in [0.15, 0.2) is 0 Å². The van der Waals surface area contributed by atoms with Gasteiger partial charge in [0, 0.05) is 25.2 Å². The van der Waals surface area contributed by atoms with Crippen LogP contribution < -0.4 is 5.32 Å². The van der Waals surface area contributed by atoms with Crippen molar-refractivity contribution < 1.29 is 0 Å². The van der Waals surface area contributed by atoms with E-state index in [9.17, 15) is 0 Å². The largest absolute Gasteiger partial charge is 0.311 e. The zero-order valence-electron chi connectivity index (χ0n) is 8.05. The Labute approximate surface area is 75.3 Å². The Hall–Kier alpha value is -0.0800. The van der Waals surface area contributed by atoms with Gasteiger partial charge in [-0.1, -0.05) is 19.8 Å². The maximum absolute atomic E-state index is 3.64. The van der Waals surface area contributed by atoms with Gasteiger partial charge in [0.15, 0.2) is 0 Å². The average Bonchev–Trinajstić information content (AvgIpc) is 2.17. The summed E-state index contributed by atoms with van der Waals surface area (Å²) in [6.45, 7) is 5.99. The molecule has 0 amide bonds. The van der Waals surface area contributed by atoms with E-state index in [1.807, 2.05) is 0 Å². The number of rotatable bonds is 1. The second kappa shape index (κ2) is 3.75. The maximum Gasteiger partial charge on any atom is 0.0249 e. The zero-order chi connectivity index (χ0) is 8.39. The van der Waals surface area contributed by atoms with Gasteiger partial charge in [0.25, 0.3) is 0 Å². The highest BCUT2D eigenvalue weighted by atomic mass is 15.2. The number of likely N-dealkylation sites (N-methyl/N-ethyl adjacent to an activating group) is 1. The molecule has 1 saturated carbocycles. The van der Waals surface area contributed by atoms with Crippen molar-refractivity contribution in [1.29, 1.82) is 0 Å². The summed E-state index contributed by atoms with van der Waals surface area (Å²) in [4.78, 5) is 2.65. The molecule has 2 heteroatoms. The first-order valence-corrected chi connectivity index (χ1v) is 5.39. The zero-order valence-corrected chi connectivity index (χ0v) is 8.05. The first-order valence-electron chi connectivity index (χ1n) is 5.39. The number of fused-ring (bicyclic) bond motifs is 1. The summed E-state index contributed by atoms with van der Waals surface area (Å²) in [6.07, 6.45) is 5.71. The smallest absolute Gasteiger partial charge is 0.0249 e. The molecule has 12 heavy (non-hydrogen) atoms. The molecule has 2 nitrogen and oxygen atoms in total. The van der Waals surface area contributed by atoms with Gasteiger partial charge in [0.1, 0.15) is 0 Å². The van der Waals surface area contributed by atoms with E-state index in [-0.39, 0.29) is 0 Å². The van der Waals surface area contributed by atoms with Crippen molar-refractivity contribution in [2.75, 3.05) is 19.6 Å². The molecule has 2 unspecified atom stereocenters. The molecule has 2 fully saturated rings. The summed E-state index contributed by atoms with van der Waals surface area (Å²) in [6, 6.07) is 1.67. The van der Waals surface area contributed by atoms with Gasteiger partial charge < -0.3 is 5.32 Å². The second-order valence-electron chi connectivity index (χ2n) is 4.04. The fourth-order valence-electron chi connectivity index (χ4n) is 2.74. The Morgan fingerprint density at radius 1 is 1.33 bits per heavy atom. The van der Waals surface area contributed by atoms with Crippen LogP contribution >= 0.6 is 0 Å². The Morgan fingerprint density at radius 2 is 2.17 bits per heavy atom. The summed E-state index contributed by atoms with van der Waals surface area (Å²) in [5, 5.41) is 3.64. The average molecular weight is 168 g/mol. The minimum atomic E-state index is 0.812. The van der Waals surface area contributed by atoms with Crippen molar-refractivity contribution in [1.82, 2.24) is 10.2 Å². The highest BCUT2D eigenvalue weighted by Crippen LogP contribution is 2.24. The Balaban J connectivity index is 1.99. The summed E-state index contributed by atoms with van der Waals surface area (Å²) >= 11 is 0. The number of hydrogen-bond acceptors (Lipinski definition) is 2. The molecule has 0 aromatic carbocycles. The third-order valence-corrected chi connectivity index (χ3v) is 3.41. The predicted octanol–water partition coefficient (Wildman–Crippen LogP) is 1.22. The topological polar surface area (TPSA) is 15.3 Å². The van der Waals surface area contributed by atoms with E-state index in [0.29, 0.717) is 0 Å². The molecule has 0 radical (unpaired) electrons. The van der Waals surface area contributed by atoms with E-state index in [0.717, 1.165) is 12.1 Å². The lowest BCUT2D eigenvalue weighted by Gasteiger charge is -2.44. The van der Waals surface area contributed by atoms with Gasteiger partial charge in [0.05, 0.1) is 0 Å². The number of piperazine rings is 1. The Morgan fingerprint density at radius 3 is 3.00 bits per heavy atom. The minimum Gasteiger partial charge on any atom is -0.311 e.